The molecule has 1 aliphatic rings. The van der Waals surface area contributed by atoms with Gasteiger partial charge in [0.15, 0.2) is 0 Å². The fraction of sp³-hybridized carbons (Fsp3) is 0.167. The smallest absolute Gasteiger partial charge is 0.134 e. The molecule has 3 nitrogen and oxygen atoms in total. The Kier molecular flexibility index (Phi) is 4.36. The van der Waals surface area contributed by atoms with E-state index in [0.717, 1.165) is 33.3 Å². The number of nitrogens with zero attached hydrogens (tertiary/aromatic N) is 2. The second-order valence-electron chi connectivity index (χ2n) is 7.10. The van der Waals surface area contributed by atoms with Gasteiger partial charge in [0.25, 0.3) is 0 Å². The highest BCUT2D eigenvalue weighted by molar-refractivity contribution is 5.91. The largest absolute Gasteiger partial charge is 0.398 e. The normalized spacial score (nSPS) is 21.9. The monoisotopic (exact) mass is 353 g/mol. The molecule has 2 atom stereocenters. The summed E-state index contributed by atoms with van der Waals surface area (Å²) in [6, 6.07) is 20.4. The Labute approximate surface area is 159 Å². The van der Waals surface area contributed by atoms with Crippen LogP contribution in [-0.2, 0) is 5.54 Å². The van der Waals surface area contributed by atoms with Gasteiger partial charge in [-0.05, 0) is 35.4 Å². The number of azo groups is 1. The molecule has 2 N–H and O–H groups in total. The molecule has 0 aromatic heterocycles. The standard InChI is InChI=1S/C24H23N3/c1-17-9-3-6-13-22(17)26-27-24(16-8-7-10-18(24)2)23-20-12-5-4-11-19(20)14-15-21(23)25/h3-16,18H,25H2,1-2H3. The van der Waals surface area contributed by atoms with Crippen LogP contribution in [0.3, 0.4) is 0 Å². The first kappa shape index (κ1) is 17.2. The van der Waals surface area contributed by atoms with E-state index in [1.54, 1.807) is 0 Å². The van der Waals surface area contributed by atoms with Crippen LogP contribution in [0.4, 0.5) is 11.4 Å². The maximum Gasteiger partial charge on any atom is 0.134 e. The van der Waals surface area contributed by atoms with E-state index in [1.807, 2.05) is 55.5 Å². The predicted molar refractivity (Wildman–Crippen MR) is 113 cm³/mol. The van der Waals surface area contributed by atoms with Crippen molar-refractivity contribution in [3.05, 3.63) is 96.1 Å². The lowest BCUT2D eigenvalue weighted by molar-refractivity contribution is 0.422. The zero-order chi connectivity index (χ0) is 18.9. The molecule has 0 amide bonds. The number of benzene rings is 3. The number of hydrogen-bond donors (Lipinski definition) is 1. The highest BCUT2D eigenvalue weighted by atomic mass is 15.2. The van der Waals surface area contributed by atoms with Gasteiger partial charge in [0.1, 0.15) is 5.54 Å². The van der Waals surface area contributed by atoms with Crippen molar-refractivity contribution in [1.82, 2.24) is 0 Å². The van der Waals surface area contributed by atoms with Crippen LogP contribution in [0.15, 0.2) is 95.2 Å². The molecule has 0 saturated carbocycles. The minimum absolute atomic E-state index is 0.128. The summed E-state index contributed by atoms with van der Waals surface area (Å²) in [5.74, 6) is 0.128. The molecule has 0 saturated heterocycles. The number of anilines is 1. The molecule has 2 unspecified atom stereocenters. The minimum Gasteiger partial charge on any atom is -0.398 e. The maximum atomic E-state index is 6.50. The summed E-state index contributed by atoms with van der Waals surface area (Å²) in [6.45, 7) is 4.21. The lowest BCUT2D eigenvalue weighted by atomic mass is 9.74. The SMILES string of the molecule is Cc1ccccc1N=NC1(c2c(N)ccc3ccccc23)C=CC=CC1C. The van der Waals surface area contributed by atoms with E-state index in [4.69, 9.17) is 10.8 Å². The third-order valence-electron chi connectivity index (χ3n) is 5.36. The molecule has 27 heavy (non-hydrogen) atoms. The lowest BCUT2D eigenvalue weighted by Gasteiger charge is -2.34. The summed E-state index contributed by atoms with van der Waals surface area (Å²) in [5, 5.41) is 11.8. The van der Waals surface area contributed by atoms with E-state index in [0.29, 0.717) is 0 Å². The summed E-state index contributed by atoms with van der Waals surface area (Å²) in [7, 11) is 0. The number of nitrogen functional groups attached to an aromatic ring is 1. The lowest BCUT2D eigenvalue weighted by Crippen LogP contribution is -2.31. The van der Waals surface area contributed by atoms with Crippen molar-refractivity contribution in [2.45, 2.75) is 19.4 Å². The topological polar surface area (TPSA) is 50.7 Å². The van der Waals surface area contributed by atoms with Gasteiger partial charge >= 0.3 is 0 Å². The highest BCUT2D eigenvalue weighted by Gasteiger charge is 2.39. The fourth-order valence-corrected chi connectivity index (χ4v) is 3.76. The van der Waals surface area contributed by atoms with E-state index in [1.165, 1.54) is 0 Å². The molecule has 4 rings (SSSR count). The van der Waals surface area contributed by atoms with E-state index in [-0.39, 0.29) is 5.92 Å². The van der Waals surface area contributed by atoms with Crippen molar-refractivity contribution >= 4 is 22.1 Å². The maximum absolute atomic E-state index is 6.50. The first-order valence-corrected chi connectivity index (χ1v) is 9.24. The number of rotatable bonds is 3. The Hall–Kier alpha value is -3.20. The number of allylic oxidation sites excluding steroid dienone is 2. The van der Waals surface area contributed by atoms with Gasteiger partial charge in [0, 0.05) is 17.2 Å². The molecule has 0 aliphatic heterocycles. The molecule has 0 fully saturated rings. The van der Waals surface area contributed by atoms with Gasteiger partial charge in [-0.2, -0.15) is 10.2 Å². The summed E-state index contributed by atoms with van der Waals surface area (Å²) >= 11 is 0. The van der Waals surface area contributed by atoms with E-state index < -0.39 is 5.54 Å². The number of aryl methyl sites for hydroxylation is 1. The zero-order valence-corrected chi connectivity index (χ0v) is 15.6. The molecular weight excluding hydrogens is 330 g/mol. The van der Waals surface area contributed by atoms with Crippen LogP contribution in [0.25, 0.3) is 10.8 Å². The number of hydrogen-bond acceptors (Lipinski definition) is 3. The molecule has 0 radical (unpaired) electrons. The fourth-order valence-electron chi connectivity index (χ4n) is 3.76. The molecule has 3 aromatic rings. The van der Waals surface area contributed by atoms with Crippen molar-refractivity contribution in [2.75, 3.05) is 5.73 Å². The third kappa shape index (κ3) is 2.95. The molecule has 0 heterocycles. The number of fused-ring (bicyclic) bond motifs is 1. The van der Waals surface area contributed by atoms with Crippen LogP contribution in [0, 0.1) is 12.8 Å². The van der Waals surface area contributed by atoms with E-state index >= 15 is 0 Å². The van der Waals surface area contributed by atoms with Crippen LogP contribution >= 0.6 is 0 Å². The van der Waals surface area contributed by atoms with Gasteiger partial charge in [-0.25, -0.2) is 0 Å². The van der Waals surface area contributed by atoms with E-state index in [9.17, 15) is 0 Å². The van der Waals surface area contributed by atoms with Gasteiger partial charge < -0.3 is 5.73 Å². The van der Waals surface area contributed by atoms with Gasteiger partial charge in [-0.1, -0.05) is 79.8 Å². The van der Waals surface area contributed by atoms with Crippen LogP contribution in [0.1, 0.15) is 18.1 Å². The van der Waals surface area contributed by atoms with Crippen LogP contribution < -0.4 is 5.73 Å². The van der Waals surface area contributed by atoms with Crippen LogP contribution in [-0.4, -0.2) is 0 Å². The van der Waals surface area contributed by atoms with Gasteiger partial charge in [0.2, 0.25) is 0 Å². The average molecular weight is 353 g/mol. The molecule has 134 valence electrons. The van der Waals surface area contributed by atoms with Crippen molar-refractivity contribution in [3.63, 3.8) is 0 Å². The van der Waals surface area contributed by atoms with Crippen molar-refractivity contribution in [3.8, 4) is 0 Å². The van der Waals surface area contributed by atoms with Crippen molar-refractivity contribution < 1.29 is 0 Å². The minimum atomic E-state index is -0.637. The molecule has 3 aromatic carbocycles. The Morgan fingerprint density at radius 3 is 2.52 bits per heavy atom. The molecular formula is C24H23N3. The second kappa shape index (κ2) is 6.84. The van der Waals surface area contributed by atoms with Crippen molar-refractivity contribution in [2.24, 2.45) is 16.1 Å². The quantitative estimate of drug-likeness (QED) is 0.425. The zero-order valence-electron chi connectivity index (χ0n) is 15.6. The second-order valence-corrected chi connectivity index (χ2v) is 7.10. The van der Waals surface area contributed by atoms with Crippen LogP contribution in [0.2, 0.25) is 0 Å². The summed E-state index contributed by atoms with van der Waals surface area (Å²) in [5.41, 5.74) is 9.61. The highest BCUT2D eigenvalue weighted by Crippen LogP contribution is 2.45. The van der Waals surface area contributed by atoms with E-state index in [2.05, 4.69) is 48.5 Å². The summed E-state index contributed by atoms with van der Waals surface area (Å²) in [4.78, 5) is 0. The average Bonchev–Trinajstić information content (AvgIpc) is 2.69. The summed E-state index contributed by atoms with van der Waals surface area (Å²) in [6.07, 6.45) is 8.39. The Bertz CT molecular complexity index is 1080. The Morgan fingerprint density at radius 2 is 1.70 bits per heavy atom. The molecule has 3 heteroatoms. The predicted octanol–water partition coefficient (Wildman–Crippen LogP) is 6.47. The van der Waals surface area contributed by atoms with Crippen molar-refractivity contribution in [1.29, 1.82) is 0 Å². The third-order valence-corrected chi connectivity index (χ3v) is 5.36. The summed E-state index contributed by atoms with van der Waals surface area (Å²) < 4.78 is 0. The first-order valence-electron chi connectivity index (χ1n) is 9.24. The molecule has 1 aliphatic carbocycles. The number of nitrogens with two attached hydrogens (primary N) is 1. The van der Waals surface area contributed by atoms with Gasteiger partial charge in [0.05, 0.1) is 5.69 Å². The molecule has 0 bridgehead atoms. The Balaban J connectivity index is 1.97. The van der Waals surface area contributed by atoms with Crippen LogP contribution in [0.5, 0.6) is 0 Å². The van der Waals surface area contributed by atoms with Gasteiger partial charge in [-0.15, -0.1) is 0 Å². The Morgan fingerprint density at radius 1 is 0.926 bits per heavy atom. The first-order chi connectivity index (χ1) is 13.1. The van der Waals surface area contributed by atoms with Gasteiger partial charge in [-0.3, -0.25) is 0 Å². The molecule has 0 spiro atoms.